The summed E-state index contributed by atoms with van der Waals surface area (Å²) < 4.78 is 34.2. The minimum atomic E-state index is -3.34. The van der Waals surface area contributed by atoms with Crippen LogP contribution in [0.1, 0.15) is 11.1 Å². The van der Waals surface area contributed by atoms with Crippen molar-refractivity contribution in [2.45, 2.75) is 6.92 Å². The first-order chi connectivity index (χ1) is 19.6. The van der Waals surface area contributed by atoms with Crippen LogP contribution in [0.25, 0.3) is 21.6 Å². The number of halogens is 1. The van der Waals surface area contributed by atoms with Crippen LogP contribution in [0.2, 0.25) is 0 Å². The van der Waals surface area contributed by atoms with E-state index in [1.54, 1.807) is 12.1 Å². The molecule has 0 saturated heterocycles. The summed E-state index contributed by atoms with van der Waals surface area (Å²) in [4.78, 5) is 0. The second-order valence-electron chi connectivity index (χ2n) is 9.53. The Labute approximate surface area is 240 Å². The molecule has 5 heteroatoms. The van der Waals surface area contributed by atoms with Gasteiger partial charge in [-0.3, -0.25) is 0 Å². The van der Waals surface area contributed by atoms with E-state index in [0.29, 0.717) is 0 Å². The van der Waals surface area contributed by atoms with Crippen LogP contribution in [0.5, 0.6) is 0 Å². The van der Waals surface area contributed by atoms with Crippen LogP contribution in [0.3, 0.4) is 0 Å². The Bertz CT molecular complexity index is 1820. The van der Waals surface area contributed by atoms with Gasteiger partial charge in [0, 0.05) is 0 Å². The molecule has 0 saturated carbocycles. The van der Waals surface area contributed by atoms with Crippen molar-refractivity contribution in [1.29, 1.82) is 0 Å². The molecule has 1 heterocycles. The van der Waals surface area contributed by atoms with Gasteiger partial charge in [0.15, 0.2) is 0 Å². The van der Waals surface area contributed by atoms with Gasteiger partial charge in [-0.2, -0.15) is 0 Å². The van der Waals surface area contributed by atoms with E-state index in [1.165, 1.54) is 6.07 Å². The van der Waals surface area contributed by atoms with Crippen molar-refractivity contribution >= 4 is 64.2 Å². The summed E-state index contributed by atoms with van der Waals surface area (Å²) in [5.74, 6) is -0.258. The van der Waals surface area contributed by atoms with Gasteiger partial charge in [0.2, 0.25) is 0 Å². The molecule has 0 spiro atoms. The maximum atomic E-state index is 15.8. The number of hydrogen-bond donors (Lipinski definition) is 0. The maximum absolute atomic E-state index is 15.8. The molecule has 0 aliphatic carbocycles. The van der Waals surface area contributed by atoms with E-state index in [4.69, 9.17) is 0 Å². The van der Waals surface area contributed by atoms with Crippen molar-refractivity contribution in [2.75, 3.05) is 0 Å². The van der Waals surface area contributed by atoms with Crippen LogP contribution in [0, 0.1) is 12.7 Å². The number of aryl methyl sites for hydroxylation is 1. The topological polar surface area (TPSA) is 22.0 Å². The standard InChI is InChI=1S/C35H27FNOPSe/c1-26-32-22-11-12-23-33(32)37(34(24-27-14-5-2-6-15-27)40-31-21-13-16-28(36)25-31)35(26)39(38,29-17-7-3-8-18-29)30-19-9-4-10-20-30/h2-25H,1H3/b34-24+. The van der Waals surface area contributed by atoms with Crippen molar-refractivity contribution in [1.82, 2.24) is 4.57 Å². The molecule has 0 aliphatic heterocycles. The van der Waals surface area contributed by atoms with E-state index in [9.17, 15) is 4.39 Å². The second-order valence-corrected chi connectivity index (χ2v) is 14.5. The molecule has 0 fully saturated rings. The molecule has 5 aromatic carbocycles. The van der Waals surface area contributed by atoms with Gasteiger partial charge in [0.1, 0.15) is 0 Å². The predicted molar refractivity (Wildman–Crippen MR) is 168 cm³/mol. The van der Waals surface area contributed by atoms with Crippen LogP contribution in [-0.2, 0) is 4.57 Å². The molecule has 0 bridgehead atoms. The van der Waals surface area contributed by atoms with Crippen molar-refractivity contribution in [3.63, 3.8) is 0 Å². The van der Waals surface area contributed by atoms with E-state index in [2.05, 4.69) is 41.8 Å². The van der Waals surface area contributed by atoms with Crippen LogP contribution >= 0.6 is 7.14 Å². The molecule has 0 amide bonds. The van der Waals surface area contributed by atoms with Crippen molar-refractivity contribution in [2.24, 2.45) is 0 Å². The summed E-state index contributed by atoms with van der Waals surface area (Å²) in [6.07, 6.45) is 2.15. The predicted octanol–water partition coefficient (Wildman–Crippen LogP) is 6.71. The van der Waals surface area contributed by atoms with Gasteiger partial charge in [-0.05, 0) is 0 Å². The Kier molecular flexibility index (Phi) is 7.41. The third-order valence-electron chi connectivity index (χ3n) is 6.96. The molecule has 0 N–H and O–H groups in total. The molecule has 0 unspecified atom stereocenters. The number of fused-ring (bicyclic) bond motifs is 1. The SMILES string of the molecule is Cc1c(P(=O)(c2ccccc2)c2ccccc2)n(/C(=C\c2ccccc2)[Se]c2cccc(F)c2)c2ccccc12. The summed E-state index contributed by atoms with van der Waals surface area (Å²) in [5.41, 5.74) is 3.79. The summed E-state index contributed by atoms with van der Waals surface area (Å²) in [6, 6.07) is 44.7. The van der Waals surface area contributed by atoms with Crippen molar-refractivity contribution < 1.29 is 8.96 Å². The normalized spacial score (nSPS) is 12.1. The van der Waals surface area contributed by atoms with Gasteiger partial charge in [-0.15, -0.1) is 0 Å². The number of aromatic nitrogens is 1. The molecular weight excluding hydrogens is 579 g/mol. The fraction of sp³-hybridized carbons (Fsp3) is 0.0286. The average Bonchev–Trinajstić information content (AvgIpc) is 3.30. The molecule has 40 heavy (non-hydrogen) atoms. The molecule has 2 nitrogen and oxygen atoms in total. The Morgan fingerprint density at radius 2 is 1.30 bits per heavy atom. The average molecular weight is 607 g/mol. The van der Waals surface area contributed by atoms with E-state index in [0.717, 1.165) is 47.1 Å². The van der Waals surface area contributed by atoms with Crippen molar-refractivity contribution in [3.8, 4) is 0 Å². The number of nitrogens with zero attached hydrogens (tertiary/aromatic N) is 1. The quantitative estimate of drug-likeness (QED) is 0.146. The van der Waals surface area contributed by atoms with Gasteiger partial charge in [-0.25, -0.2) is 0 Å². The first-order valence-corrected chi connectivity index (χ1v) is 16.5. The number of benzene rings is 5. The summed E-state index contributed by atoms with van der Waals surface area (Å²) in [6.45, 7) is 2.07. The molecular formula is C35H27FNOPSe. The molecule has 6 rings (SSSR count). The fourth-order valence-electron chi connectivity index (χ4n) is 5.14. The fourth-order valence-corrected chi connectivity index (χ4v) is 10.5. The van der Waals surface area contributed by atoms with Gasteiger partial charge >= 0.3 is 241 Å². The molecule has 196 valence electrons. The Morgan fingerprint density at radius 1 is 0.725 bits per heavy atom. The van der Waals surface area contributed by atoms with Crippen LogP contribution in [-0.4, -0.2) is 19.5 Å². The van der Waals surface area contributed by atoms with Crippen LogP contribution in [0.15, 0.2) is 140 Å². The molecule has 0 aliphatic rings. The Morgan fingerprint density at radius 3 is 1.93 bits per heavy atom. The zero-order chi connectivity index (χ0) is 27.5. The van der Waals surface area contributed by atoms with E-state index >= 15 is 4.57 Å². The third kappa shape index (κ3) is 4.91. The van der Waals surface area contributed by atoms with Gasteiger partial charge in [-0.1, -0.05) is 0 Å². The van der Waals surface area contributed by atoms with Crippen molar-refractivity contribution in [3.05, 3.63) is 156 Å². The zero-order valence-electron chi connectivity index (χ0n) is 21.9. The molecule has 6 aromatic rings. The van der Waals surface area contributed by atoms with Gasteiger partial charge < -0.3 is 0 Å². The number of para-hydroxylation sites is 1. The Hall–Kier alpha value is -3.94. The number of rotatable bonds is 7. The van der Waals surface area contributed by atoms with Gasteiger partial charge in [0.05, 0.1) is 0 Å². The van der Waals surface area contributed by atoms with Crippen LogP contribution < -0.4 is 20.5 Å². The third-order valence-corrected chi connectivity index (χ3v) is 12.2. The van der Waals surface area contributed by atoms with Crippen LogP contribution in [0.4, 0.5) is 4.39 Å². The monoisotopic (exact) mass is 607 g/mol. The van der Waals surface area contributed by atoms with E-state index in [-0.39, 0.29) is 20.8 Å². The Balaban J connectivity index is 1.72. The summed E-state index contributed by atoms with van der Waals surface area (Å²) in [7, 11) is -3.34. The number of hydrogen-bond acceptors (Lipinski definition) is 1. The molecule has 1 aromatic heterocycles. The molecule has 0 atom stereocenters. The first-order valence-electron chi connectivity index (χ1n) is 13.1. The minimum absolute atomic E-state index is 0.258. The summed E-state index contributed by atoms with van der Waals surface area (Å²) in [5, 5.41) is 2.62. The second kappa shape index (κ2) is 11.3. The molecule has 0 radical (unpaired) electrons. The zero-order valence-corrected chi connectivity index (χ0v) is 24.6. The van der Waals surface area contributed by atoms with E-state index in [1.807, 2.05) is 97.1 Å². The van der Waals surface area contributed by atoms with Gasteiger partial charge in [0.25, 0.3) is 0 Å². The first kappa shape index (κ1) is 26.3. The van der Waals surface area contributed by atoms with E-state index < -0.39 is 7.14 Å². The summed E-state index contributed by atoms with van der Waals surface area (Å²) >= 11 is -0.293.